The molecule has 0 aromatic carbocycles. The van der Waals surface area contributed by atoms with Crippen molar-refractivity contribution in [1.29, 1.82) is 0 Å². The molecule has 1 aliphatic rings. The number of aliphatic hydroxyl groups is 1. The highest BCUT2D eigenvalue weighted by molar-refractivity contribution is 5.78. The minimum absolute atomic E-state index is 0.110. The highest BCUT2D eigenvalue weighted by Crippen LogP contribution is 2.16. The predicted molar refractivity (Wildman–Crippen MR) is 64.5 cm³/mol. The molecule has 1 N–H and O–H groups in total. The van der Waals surface area contributed by atoms with E-state index in [4.69, 9.17) is 5.11 Å². The highest BCUT2D eigenvalue weighted by atomic mass is 16.3. The monoisotopic (exact) mass is 234 g/mol. The number of aromatic nitrogens is 1. The molecule has 0 unspecified atom stereocenters. The van der Waals surface area contributed by atoms with Gasteiger partial charge in [0, 0.05) is 37.5 Å². The number of hydrogen-bond acceptors (Lipinski definition) is 3. The van der Waals surface area contributed by atoms with Crippen LogP contribution in [0.1, 0.15) is 17.7 Å². The maximum absolute atomic E-state index is 12.0. The number of likely N-dealkylation sites (tertiary alicyclic amines) is 1. The molecule has 0 saturated carbocycles. The SMILES string of the molecule is Cc1ccnc(CC(=O)N2CC[C@H](CO)C2)c1. The number of pyridine rings is 1. The Morgan fingerprint density at radius 1 is 1.65 bits per heavy atom. The Kier molecular flexibility index (Phi) is 3.74. The molecule has 0 aliphatic carbocycles. The van der Waals surface area contributed by atoms with Crippen LogP contribution in [-0.2, 0) is 11.2 Å². The molecule has 1 aromatic heterocycles. The van der Waals surface area contributed by atoms with E-state index in [2.05, 4.69) is 4.98 Å². The van der Waals surface area contributed by atoms with Gasteiger partial charge >= 0.3 is 0 Å². The van der Waals surface area contributed by atoms with Crippen LogP contribution >= 0.6 is 0 Å². The number of carbonyl (C=O) groups excluding carboxylic acids is 1. The zero-order valence-electron chi connectivity index (χ0n) is 10.1. The number of nitrogens with zero attached hydrogens (tertiary/aromatic N) is 2. The summed E-state index contributed by atoms with van der Waals surface area (Å²) in [4.78, 5) is 18.0. The Bertz CT molecular complexity index is 406. The summed E-state index contributed by atoms with van der Waals surface area (Å²) in [5.74, 6) is 0.364. The van der Waals surface area contributed by atoms with Crippen LogP contribution in [0.15, 0.2) is 18.3 Å². The van der Waals surface area contributed by atoms with E-state index < -0.39 is 0 Å². The van der Waals surface area contributed by atoms with E-state index in [9.17, 15) is 4.79 Å². The fraction of sp³-hybridized carbons (Fsp3) is 0.538. The summed E-state index contributed by atoms with van der Waals surface area (Å²) in [5.41, 5.74) is 1.94. The molecule has 1 fully saturated rings. The molecule has 1 saturated heterocycles. The summed E-state index contributed by atoms with van der Waals surface area (Å²) in [7, 11) is 0. The summed E-state index contributed by atoms with van der Waals surface area (Å²) >= 11 is 0. The van der Waals surface area contributed by atoms with Crippen LogP contribution in [0.25, 0.3) is 0 Å². The number of amides is 1. The largest absolute Gasteiger partial charge is 0.396 e. The van der Waals surface area contributed by atoms with Crippen molar-refractivity contribution in [1.82, 2.24) is 9.88 Å². The van der Waals surface area contributed by atoms with E-state index in [1.165, 1.54) is 0 Å². The van der Waals surface area contributed by atoms with Crippen molar-refractivity contribution in [2.24, 2.45) is 5.92 Å². The molecule has 2 heterocycles. The van der Waals surface area contributed by atoms with Crippen molar-refractivity contribution in [2.45, 2.75) is 19.8 Å². The topological polar surface area (TPSA) is 53.4 Å². The van der Waals surface area contributed by atoms with Gasteiger partial charge < -0.3 is 10.0 Å². The standard InChI is InChI=1S/C13H18N2O2/c1-10-2-4-14-12(6-10)7-13(17)15-5-3-11(8-15)9-16/h2,4,6,11,16H,3,5,7-9H2,1H3/t11-/m0/s1. The first kappa shape index (κ1) is 12.0. The van der Waals surface area contributed by atoms with Crippen molar-refractivity contribution in [3.8, 4) is 0 Å². The molecule has 0 bridgehead atoms. The molecule has 1 atom stereocenters. The first-order chi connectivity index (χ1) is 8.19. The van der Waals surface area contributed by atoms with Crippen molar-refractivity contribution in [2.75, 3.05) is 19.7 Å². The first-order valence-electron chi connectivity index (χ1n) is 5.99. The van der Waals surface area contributed by atoms with Crippen molar-refractivity contribution in [3.63, 3.8) is 0 Å². The third-order valence-electron chi connectivity index (χ3n) is 3.20. The van der Waals surface area contributed by atoms with Gasteiger partial charge in [0.1, 0.15) is 0 Å². The highest BCUT2D eigenvalue weighted by Gasteiger charge is 2.25. The lowest BCUT2D eigenvalue weighted by Crippen LogP contribution is -2.30. The molecular formula is C13H18N2O2. The van der Waals surface area contributed by atoms with Crippen molar-refractivity contribution >= 4 is 5.91 Å². The van der Waals surface area contributed by atoms with E-state index in [0.717, 1.165) is 24.2 Å². The van der Waals surface area contributed by atoms with E-state index in [1.54, 1.807) is 6.20 Å². The minimum Gasteiger partial charge on any atom is -0.396 e. The average molecular weight is 234 g/mol. The summed E-state index contributed by atoms with van der Waals surface area (Å²) in [6.07, 6.45) is 3.00. The summed E-state index contributed by atoms with van der Waals surface area (Å²) < 4.78 is 0. The first-order valence-corrected chi connectivity index (χ1v) is 5.99. The molecule has 17 heavy (non-hydrogen) atoms. The second kappa shape index (κ2) is 5.27. The lowest BCUT2D eigenvalue weighted by Gasteiger charge is -2.15. The summed E-state index contributed by atoms with van der Waals surface area (Å²) in [6.45, 7) is 3.61. The summed E-state index contributed by atoms with van der Waals surface area (Å²) in [6, 6.07) is 3.86. The zero-order chi connectivity index (χ0) is 12.3. The van der Waals surface area contributed by atoms with Gasteiger partial charge in [-0.3, -0.25) is 9.78 Å². The van der Waals surface area contributed by atoms with E-state index in [0.29, 0.717) is 13.0 Å². The quantitative estimate of drug-likeness (QED) is 0.840. The Labute approximate surface area is 101 Å². The molecule has 92 valence electrons. The van der Waals surface area contributed by atoms with E-state index in [-0.39, 0.29) is 18.4 Å². The van der Waals surface area contributed by atoms with Crippen LogP contribution in [0, 0.1) is 12.8 Å². The summed E-state index contributed by atoms with van der Waals surface area (Å²) in [5, 5.41) is 9.04. The smallest absolute Gasteiger partial charge is 0.228 e. The lowest BCUT2D eigenvalue weighted by molar-refractivity contribution is -0.129. The minimum atomic E-state index is 0.110. The van der Waals surface area contributed by atoms with Crippen molar-refractivity contribution in [3.05, 3.63) is 29.6 Å². The van der Waals surface area contributed by atoms with Gasteiger partial charge in [-0.05, 0) is 31.0 Å². The molecule has 1 aromatic rings. The molecule has 4 heteroatoms. The van der Waals surface area contributed by atoms with Gasteiger partial charge in [-0.25, -0.2) is 0 Å². The number of carbonyl (C=O) groups is 1. The molecule has 2 rings (SSSR count). The van der Waals surface area contributed by atoms with Crippen molar-refractivity contribution < 1.29 is 9.90 Å². The molecule has 0 spiro atoms. The third kappa shape index (κ3) is 3.03. The van der Waals surface area contributed by atoms with E-state index >= 15 is 0 Å². The Hall–Kier alpha value is -1.42. The van der Waals surface area contributed by atoms with Crippen LogP contribution in [0.4, 0.5) is 0 Å². The number of rotatable bonds is 3. The number of aliphatic hydroxyl groups excluding tert-OH is 1. The van der Waals surface area contributed by atoms with Gasteiger partial charge in [0.15, 0.2) is 0 Å². The molecular weight excluding hydrogens is 216 g/mol. The van der Waals surface area contributed by atoms with Gasteiger partial charge in [-0.1, -0.05) is 0 Å². The molecule has 0 radical (unpaired) electrons. The molecule has 4 nitrogen and oxygen atoms in total. The van der Waals surface area contributed by atoms with Crippen LogP contribution in [0.5, 0.6) is 0 Å². The second-order valence-corrected chi connectivity index (χ2v) is 4.68. The van der Waals surface area contributed by atoms with Crippen LogP contribution in [0.2, 0.25) is 0 Å². The second-order valence-electron chi connectivity index (χ2n) is 4.68. The van der Waals surface area contributed by atoms with E-state index in [1.807, 2.05) is 24.0 Å². The molecule has 1 aliphatic heterocycles. The van der Waals surface area contributed by atoms with Gasteiger partial charge in [-0.2, -0.15) is 0 Å². The normalized spacial score (nSPS) is 19.6. The van der Waals surface area contributed by atoms with Gasteiger partial charge in [0.2, 0.25) is 5.91 Å². The van der Waals surface area contributed by atoms with Crippen LogP contribution in [0.3, 0.4) is 0 Å². The third-order valence-corrected chi connectivity index (χ3v) is 3.20. The maximum atomic E-state index is 12.0. The lowest BCUT2D eigenvalue weighted by atomic mass is 10.1. The zero-order valence-corrected chi connectivity index (χ0v) is 10.1. The van der Waals surface area contributed by atoms with Crippen LogP contribution < -0.4 is 0 Å². The van der Waals surface area contributed by atoms with Gasteiger partial charge in [-0.15, -0.1) is 0 Å². The number of hydrogen-bond donors (Lipinski definition) is 1. The fourth-order valence-corrected chi connectivity index (χ4v) is 2.17. The van der Waals surface area contributed by atoms with Gasteiger partial charge in [0.25, 0.3) is 0 Å². The average Bonchev–Trinajstić information content (AvgIpc) is 2.77. The predicted octanol–water partition coefficient (Wildman–Crippen LogP) is 0.773. The molecule has 1 amide bonds. The maximum Gasteiger partial charge on any atom is 0.228 e. The Balaban J connectivity index is 1.93. The number of aryl methyl sites for hydroxylation is 1. The Morgan fingerprint density at radius 2 is 2.47 bits per heavy atom. The fourth-order valence-electron chi connectivity index (χ4n) is 2.17. The van der Waals surface area contributed by atoms with Gasteiger partial charge in [0.05, 0.1) is 6.42 Å². The Morgan fingerprint density at radius 3 is 3.12 bits per heavy atom. The van der Waals surface area contributed by atoms with Crippen LogP contribution in [-0.4, -0.2) is 40.6 Å².